The van der Waals surface area contributed by atoms with E-state index in [1.807, 2.05) is 31.2 Å². The number of para-hydroxylation sites is 2. The number of amides is 2. The summed E-state index contributed by atoms with van der Waals surface area (Å²) in [6, 6.07) is 25.8. The molecule has 4 aromatic carbocycles. The molecule has 0 heterocycles. The molecule has 0 saturated carbocycles. The van der Waals surface area contributed by atoms with Gasteiger partial charge in [0, 0.05) is 22.6 Å². The van der Waals surface area contributed by atoms with Gasteiger partial charge in [-0.15, -0.1) is 0 Å². The molecule has 0 bridgehead atoms. The van der Waals surface area contributed by atoms with Gasteiger partial charge in [-0.25, -0.2) is 4.79 Å². The van der Waals surface area contributed by atoms with Crippen LogP contribution in [0.15, 0.2) is 97.1 Å². The molecule has 0 spiro atoms. The summed E-state index contributed by atoms with van der Waals surface area (Å²) in [5, 5.41) is 26.1. The van der Waals surface area contributed by atoms with Crippen LogP contribution in [0.1, 0.15) is 24.2 Å². The van der Waals surface area contributed by atoms with E-state index in [0.717, 1.165) is 0 Å². The lowest BCUT2D eigenvalue weighted by Crippen LogP contribution is -2.22. The number of benzene rings is 4. The van der Waals surface area contributed by atoms with Gasteiger partial charge >= 0.3 is 6.09 Å². The van der Waals surface area contributed by atoms with Crippen molar-refractivity contribution in [1.29, 1.82) is 5.26 Å². The molecular weight excluding hydrogens is 480 g/mol. The molecule has 8 nitrogen and oxygen atoms in total. The van der Waals surface area contributed by atoms with E-state index in [1.165, 1.54) is 6.08 Å². The van der Waals surface area contributed by atoms with Gasteiger partial charge in [-0.2, -0.15) is 5.26 Å². The molecule has 0 radical (unpaired) electrons. The third-order valence-corrected chi connectivity index (χ3v) is 5.98. The molecule has 38 heavy (non-hydrogen) atoms. The van der Waals surface area contributed by atoms with Gasteiger partial charge in [-0.05, 0) is 53.9 Å². The number of rotatable bonds is 7. The van der Waals surface area contributed by atoms with Gasteiger partial charge in [0.1, 0.15) is 11.9 Å². The zero-order chi connectivity index (χ0) is 27.1. The Morgan fingerprint density at radius 3 is 2.34 bits per heavy atom. The number of carbonyl (C=O) groups is 2. The first kappa shape index (κ1) is 25.8. The van der Waals surface area contributed by atoms with Crippen LogP contribution in [-0.2, 0) is 9.53 Å². The molecule has 0 aromatic heterocycles. The second-order valence-electron chi connectivity index (χ2n) is 8.65. The predicted molar refractivity (Wildman–Crippen MR) is 147 cm³/mol. The zero-order valence-electron chi connectivity index (χ0n) is 20.6. The Hall–Kier alpha value is -5.29. The lowest BCUT2D eigenvalue weighted by Gasteiger charge is -2.24. The molecule has 0 aliphatic carbocycles. The van der Waals surface area contributed by atoms with Crippen molar-refractivity contribution < 1.29 is 19.4 Å². The largest absolute Gasteiger partial charge is 0.507 e. The van der Waals surface area contributed by atoms with Gasteiger partial charge < -0.3 is 20.9 Å². The molecule has 5 N–H and O–H groups in total. The fraction of sp³-hybridized carbons (Fsp3) is 0.100. The normalized spacial score (nSPS) is 12.4. The molecule has 0 unspecified atom stereocenters. The third-order valence-electron chi connectivity index (χ3n) is 5.98. The molecule has 190 valence electrons. The van der Waals surface area contributed by atoms with Crippen LogP contribution in [0.2, 0.25) is 0 Å². The molecule has 8 heteroatoms. The molecule has 0 aliphatic heterocycles. The minimum atomic E-state index is -0.801. The summed E-state index contributed by atoms with van der Waals surface area (Å²) in [5.74, 6) is -0.715. The Morgan fingerprint density at radius 2 is 1.63 bits per heavy atom. The molecule has 2 atom stereocenters. The summed E-state index contributed by atoms with van der Waals surface area (Å²) in [5.41, 5.74) is 8.44. The number of nitrogens with two attached hydrogens (primary N) is 1. The number of ether oxygens (including phenoxy) is 1. The summed E-state index contributed by atoms with van der Waals surface area (Å²) in [6.45, 7) is 1.82. The summed E-state index contributed by atoms with van der Waals surface area (Å²) in [4.78, 5) is 25.5. The second-order valence-corrected chi connectivity index (χ2v) is 8.65. The van der Waals surface area contributed by atoms with Gasteiger partial charge in [-0.1, -0.05) is 55.5 Å². The zero-order valence-corrected chi connectivity index (χ0v) is 20.6. The quantitative estimate of drug-likeness (QED) is 0.176. The Balaban J connectivity index is 1.60. The van der Waals surface area contributed by atoms with Crippen LogP contribution in [0.5, 0.6) is 5.75 Å². The number of aromatic hydroxyl groups is 1. The maximum absolute atomic E-state index is 12.9. The number of hydrogen-bond donors (Lipinski definition) is 4. The predicted octanol–water partition coefficient (Wildman–Crippen LogP) is 6.12. The summed E-state index contributed by atoms with van der Waals surface area (Å²) >= 11 is 0. The molecule has 0 aliphatic rings. The number of carbonyl (C=O) groups excluding carboxylic acids is 2. The van der Waals surface area contributed by atoms with Crippen molar-refractivity contribution >= 4 is 39.8 Å². The van der Waals surface area contributed by atoms with E-state index >= 15 is 0 Å². The minimum absolute atomic E-state index is 0.105. The van der Waals surface area contributed by atoms with E-state index in [0.29, 0.717) is 39.0 Å². The lowest BCUT2D eigenvalue weighted by atomic mass is 9.92. The Kier molecular flexibility index (Phi) is 7.89. The third kappa shape index (κ3) is 6.09. The van der Waals surface area contributed by atoms with Crippen molar-refractivity contribution in [2.75, 3.05) is 16.4 Å². The highest BCUT2D eigenvalue weighted by molar-refractivity contribution is 6.01. The highest BCUT2D eigenvalue weighted by Gasteiger charge is 2.25. The molecule has 0 saturated heterocycles. The lowest BCUT2D eigenvalue weighted by molar-refractivity contribution is -0.111. The molecule has 4 aromatic rings. The number of anilines is 3. The van der Waals surface area contributed by atoms with Crippen molar-refractivity contribution in [3.63, 3.8) is 0 Å². The minimum Gasteiger partial charge on any atom is -0.507 e. The Labute approximate surface area is 220 Å². The van der Waals surface area contributed by atoms with Crippen LogP contribution < -0.4 is 16.4 Å². The van der Waals surface area contributed by atoms with Crippen LogP contribution in [-0.4, -0.2) is 17.1 Å². The number of phenolic OH excluding ortho intramolecular Hbond substituents is 1. The van der Waals surface area contributed by atoms with E-state index in [-0.39, 0.29) is 11.7 Å². The molecule has 4 rings (SSSR count). The maximum atomic E-state index is 12.9. The highest BCUT2D eigenvalue weighted by Crippen LogP contribution is 2.36. The molecule has 0 fully saturated rings. The summed E-state index contributed by atoms with van der Waals surface area (Å²) in [7, 11) is 0. The first-order chi connectivity index (χ1) is 18.4. The summed E-state index contributed by atoms with van der Waals surface area (Å²) < 4.78 is 5.88. The second kappa shape index (κ2) is 11.6. The van der Waals surface area contributed by atoms with Crippen LogP contribution in [0.25, 0.3) is 10.8 Å². The average Bonchev–Trinajstić information content (AvgIpc) is 2.93. The van der Waals surface area contributed by atoms with Crippen molar-refractivity contribution in [2.24, 2.45) is 5.92 Å². The monoisotopic (exact) mass is 506 g/mol. The first-order valence-electron chi connectivity index (χ1n) is 11.9. The maximum Gasteiger partial charge on any atom is 0.412 e. The van der Waals surface area contributed by atoms with Crippen molar-refractivity contribution in [3.05, 3.63) is 108 Å². The number of phenols is 1. The van der Waals surface area contributed by atoms with Gasteiger partial charge in [0.25, 0.3) is 0 Å². The Morgan fingerprint density at radius 1 is 0.947 bits per heavy atom. The van der Waals surface area contributed by atoms with Crippen LogP contribution in [0, 0.1) is 17.2 Å². The topological polar surface area (TPSA) is 137 Å². The van der Waals surface area contributed by atoms with Crippen molar-refractivity contribution in [3.8, 4) is 11.8 Å². The number of nitriles is 1. The number of nitrogens with one attached hydrogen (secondary N) is 2. The van der Waals surface area contributed by atoms with E-state index < -0.39 is 18.1 Å². The Bertz CT molecular complexity index is 1540. The first-order valence-corrected chi connectivity index (χ1v) is 11.9. The fourth-order valence-corrected chi connectivity index (χ4v) is 4.02. The smallest absolute Gasteiger partial charge is 0.412 e. The van der Waals surface area contributed by atoms with E-state index in [2.05, 4.69) is 10.6 Å². The van der Waals surface area contributed by atoms with Gasteiger partial charge in [0.05, 0.1) is 23.0 Å². The number of nitrogens with zero attached hydrogens (tertiary/aromatic N) is 1. The number of nitrogen functional groups attached to an aromatic ring is 1. The number of hydrogen-bond acceptors (Lipinski definition) is 6. The van der Waals surface area contributed by atoms with Crippen LogP contribution >= 0.6 is 0 Å². The summed E-state index contributed by atoms with van der Waals surface area (Å²) in [6.07, 6.45) is 1.51. The average molecular weight is 507 g/mol. The molecular formula is C30H26N4O4. The van der Waals surface area contributed by atoms with Crippen molar-refractivity contribution in [2.45, 2.75) is 13.0 Å². The van der Waals surface area contributed by atoms with Gasteiger partial charge in [-0.3, -0.25) is 10.1 Å². The highest BCUT2D eigenvalue weighted by atomic mass is 16.6. The van der Waals surface area contributed by atoms with Crippen LogP contribution in [0.4, 0.5) is 21.9 Å². The van der Waals surface area contributed by atoms with E-state index in [9.17, 15) is 14.7 Å². The number of fused-ring (bicyclic) bond motifs is 1. The van der Waals surface area contributed by atoms with Gasteiger partial charge in [0.2, 0.25) is 5.91 Å². The van der Waals surface area contributed by atoms with Crippen LogP contribution in [0.3, 0.4) is 0 Å². The van der Waals surface area contributed by atoms with E-state index in [4.69, 9.17) is 15.7 Å². The SMILES string of the molecule is C[C@H](/C=C/C(=O)Nc1ccccc1N)[C@H](OC(=O)Nc1ccc(C#N)cc1)c1ccc(O)c2ccccc12. The van der Waals surface area contributed by atoms with Gasteiger partial charge in [0.15, 0.2) is 0 Å². The van der Waals surface area contributed by atoms with E-state index in [1.54, 1.807) is 72.8 Å². The standard InChI is InChI=1S/C30H26N4O4/c1-19(10-17-28(36)34-26-9-5-4-8-25(26)32)29(24-15-16-27(35)23-7-3-2-6-22(23)24)38-30(37)33-21-13-11-20(18-31)12-14-21/h2-17,19,29,35H,32H2,1H3,(H,33,37)(H,34,36)/b17-10+/t19-,29+/m1/s1. The fourth-order valence-electron chi connectivity index (χ4n) is 4.02. The van der Waals surface area contributed by atoms with Crippen molar-refractivity contribution in [1.82, 2.24) is 0 Å². The molecule has 2 amide bonds.